The van der Waals surface area contributed by atoms with E-state index in [0.29, 0.717) is 12.0 Å². The number of rotatable bonds is 4. The summed E-state index contributed by atoms with van der Waals surface area (Å²) in [4.78, 5) is 29.7. The van der Waals surface area contributed by atoms with E-state index in [1.165, 1.54) is 0 Å². The van der Waals surface area contributed by atoms with Gasteiger partial charge in [0.2, 0.25) is 0 Å². The molecule has 6 nitrogen and oxygen atoms in total. The summed E-state index contributed by atoms with van der Waals surface area (Å²) in [5.74, 6) is -1.44. The van der Waals surface area contributed by atoms with Crippen molar-refractivity contribution in [2.75, 3.05) is 0 Å². The normalized spacial score (nSPS) is 12.3. The van der Waals surface area contributed by atoms with E-state index in [1.54, 1.807) is 31.5 Å². The Labute approximate surface area is 103 Å². The van der Waals surface area contributed by atoms with Crippen LogP contribution in [-0.2, 0) is 4.79 Å². The third-order valence-electron chi connectivity index (χ3n) is 2.69. The van der Waals surface area contributed by atoms with E-state index >= 15 is 0 Å². The molecule has 1 aromatic heterocycles. The van der Waals surface area contributed by atoms with Crippen molar-refractivity contribution in [3.63, 3.8) is 0 Å². The molecule has 0 aliphatic heterocycles. The van der Waals surface area contributed by atoms with Crippen molar-refractivity contribution in [2.24, 2.45) is 0 Å². The van der Waals surface area contributed by atoms with Gasteiger partial charge in [0, 0.05) is 5.56 Å². The van der Waals surface area contributed by atoms with E-state index in [0.717, 1.165) is 11.0 Å². The molecule has 1 heterocycles. The molecule has 3 N–H and O–H groups in total. The number of hydrogen-bond donors (Lipinski definition) is 3. The van der Waals surface area contributed by atoms with E-state index in [9.17, 15) is 9.59 Å². The Morgan fingerprint density at radius 2 is 2.28 bits per heavy atom. The Kier molecular flexibility index (Phi) is 3.27. The molecule has 1 aromatic carbocycles. The van der Waals surface area contributed by atoms with Gasteiger partial charge in [-0.05, 0) is 24.6 Å². The second-order valence-electron chi connectivity index (χ2n) is 3.91. The van der Waals surface area contributed by atoms with Gasteiger partial charge in [-0.15, -0.1) is 0 Å². The van der Waals surface area contributed by atoms with Crippen LogP contribution in [0.25, 0.3) is 11.0 Å². The van der Waals surface area contributed by atoms with Gasteiger partial charge >= 0.3 is 5.97 Å². The minimum Gasteiger partial charge on any atom is -0.480 e. The molecule has 0 aliphatic carbocycles. The largest absolute Gasteiger partial charge is 0.480 e. The van der Waals surface area contributed by atoms with Crippen LogP contribution in [0.2, 0.25) is 0 Å². The fraction of sp³-hybridized carbons (Fsp3) is 0.250. The first-order chi connectivity index (χ1) is 8.61. The summed E-state index contributed by atoms with van der Waals surface area (Å²) in [5.41, 5.74) is 1.91. The molecule has 0 spiro atoms. The Bertz CT molecular complexity index is 591. The first kappa shape index (κ1) is 12.1. The van der Waals surface area contributed by atoms with Crippen LogP contribution in [0.3, 0.4) is 0 Å². The highest BCUT2D eigenvalue weighted by atomic mass is 16.4. The van der Waals surface area contributed by atoms with Gasteiger partial charge in [0.1, 0.15) is 6.04 Å². The SMILES string of the molecule is CC[C@@H](NC(=O)c1ccc2nc[nH]c2c1)C(=O)O. The summed E-state index contributed by atoms with van der Waals surface area (Å²) >= 11 is 0. The monoisotopic (exact) mass is 247 g/mol. The topological polar surface area (TPSA) is 95.1 Å². The summed E-state index contributed by atoms with van der Waals surface area (Å²) in [6.45, 7) is 1.71. The average Bonchev–Trinajstić information content (AvgIpc) is 2.82. The van der Waals surface area contributed by atoms with Gasteiger partial charge in [-0.3, -0.25) is 4.79 Å². The summed E-state index contributed by atoms with van der Waals surface area (Å²) in [6, 6.07) is 4.11. The highest BCUT2D eigenvalue weighted by molar-refractivity contribution is 5.99. The molecule has 1 atom stereocenters. The van der Waals surface area contributed by atoms with Gasteiger partial charge in [-0.1, -0.05) is 6.92 Å². The van der Waals surface area contributed by atoms with Gasteiger partial charge in [-0.2, -0.15) is 0 Å². The molecule has 18 heavy (non-hydrogen) atoms. The second-order valence-corrected chi connectivity index (χ2v) is 3.91. The van der Waals surface area contributed by atoms with Crippen LogP contribution in [0.5, 0.6) is 0 Å². The lowest BCUT2D eigenvalue weighted by Crippen LogP contribution is -2.40. The summed E-state index contributed by atoms with van der Waals surface area (Å²) < 4.78 is 0. The highest BCUT2D eigenvalue weighted by Crippen LogP contribution is 2.11. The van der Waals surface area contributed by atoms with Crippen molar-refractivity contribution in [1.29, 1.82) is 0 Å². The number of benzene rings is 1. The molecular formula is C12H13N3O3. The van der Waals surface area contributed by atoms with Crippen LogP contribution in [0.4, 0.5) is 0 Å². The number of imidazole rings is 1. The Hall–Kier alpha value is -2.37. The zero-order chi connectivity index (χ0) is 13.1. The van der Waals surface area contributed by atoms with Crippen molar-refractivity contribution in [3.05, 3.63) is 30.1 Å². The number of carbonyl (C=O) groups excluding carboxylic acids is 1. The van der Waals surface area contributed by atoms with Crippen molar-refractivity contribution in [3.8, 4) is 0 Å². The maximum absolute atomic E-state index is 11.9. The number of aliphatic carboxylic acids is 1. The quantitative estimate of drug-likeness (QED) is 0.755. The second kappa shape index (κ2) is 4.87. The minimum absolute atomic E-state index is 0.341. The molecule has 0 saturated heterocycles. The van der Waals surface area contributed by atoms with Crippen molar-refractivity contribution in [1.82, 2.24) is 15.3 Å². The van der Waals surface area contributed by atoms with E-state index in [2.05, 4.69) is 15.3 Å². The minimum atomic E-state index is -1.03. The molecular weight excluding hydrogens is 234 g/mol. The predicted molar refractivity (Wildman–Crippen MR) is 65.3 cm³/mol. The lowest BCUT2D eigenvalue weighted by Gasteiger charge is -2.12. The van der Waals surface area contributed by atoms with Crippen molar-refractivity contribution in [2.45, 2.75) is 19.4 Å². The zero-order valence-corrected chi connectivity index (χ0v) is 9.80. The summed E-state index contributed by atoms with van der Waals surface area (Å²) in [7, 11) is 0. The fourth-order valence-corrected chi connectivity index (χ4v) is 1.66. The molecule has 6 heteroatoms. The van der Waals surface area contributed by atoms with Crippen molar-refractivity contribution >= 4 is 22.9 Å². The summed E-state index contributed by atoms with van der Waals surface area (Å²) in [6.07, 6.45) is 1.88. The zero-order valence-electron chi connectivity index (χ0n) is 9.80. The number of nitrogens with one attached hydrogen (secondary N) is 2. The molecule has 0 radical (unpaired) electrons. The molecule has 2 aromatic rings. The van der Waals surface area contributed by atoms with Crippen LogP contribution >= 0.6 is 0 Å². The first-order valence-corrected chi connectivity index (χ1v) is 5.58. The van der Waals surface area contributed by atoms with Crippen molar-refractivity contribution < 1.29 is 14.7 Å². The Balaban J connectivity index is 2.19. The number of fused-ring (bicyclic) bond motifs is 1. The third-order valence-corrected chi connectivity index (χ3v) is 2.69. The fourth-order valence-electron chi connectivity index (χ4n) is 1.66. The molecule has 0 aliphatic rings. The predicted octanol–water partition coefficient (Wildman–Crippen LogP) is 1.16. The smallest absolute Gasteiger partial charge is 0.326 e. The number of carboxylic acid groups (broad SMARTS) is 1. The van der Waals surface area contributed by atoms with Crippen LogP contribution in [-0.4, -0.2) is 33.0 Å². The summed E-state index contributed by atoms with van der Waals surface area (Å²) in [5, 5.41) is 11.3. The molecule has 0 bridgehead atoms. The molecule has 1 amide bonds. The lowest BCUT2D eigenvalue weighted by atomic mass is 10.1. The van der Waals surface area contributed by atoms with Crippen LogP contribution in [0, 0.1) is 0 Å². The molecule has 0 fully saturated rings. The lowest BCUT2D eigenvalue weighted by molar-refractivity contribution is -0.139. The number of aromatic amines is 1. The average molecular weight is 247 g/mol. The Morgan fingerprint density at radius 3 is 2.94 bits per heavy atom. The van der Waals surface area contributed by atoms with Gasteiger partial charge < -0.3 is 15.4 Å². The van der Waals surface area contributed by atoms with Gasteiger partial charge in [0.15, 0.2) is 0 Å². The third kappa shape index (κ3) is 2.32. The van der Waals surface area contributed by atoms with Crippen LogP contribution in [0.15, 0.2) is 24.5 Å². The number of nitrogens with zero attached hydrogens (tertiary/aromatic N) is 1. The van der Waals surface area contributed by atoms with Gasteiger partial charge in [0.25, 0.3) is 5.91 Å². The van der Waals surface area contributed by atoms with Crippen LogP contribution in [0.1, 0.15) is 23.7 Å². The van der Waals surface area contributed by atoms with E-state index in [-0.39, 0.29) is 0 Å². The van der Waals surface area contributed by atoms with Crippen LogP contribution < -0.4 is 5.32 Å². The first-order valence-electron chi connectivity index (χ1n) is 5.58. The number of amides is 1. The number of aromatic nitrogens is 2. The molecule has 94 valence electrons. The highest BCUT2D eigenvalue weighted by Gasteiger charge is 2.18. The number of carboxylic acids is 1. The molecule has 0 unspecified atom stereocenters. The molecule has 2 rings (SSSR count). The van der Waals surface area contributed by atoms with Gasteiger partial charge in [0.05, 0.1) is 17.4 Å². The van der Waals surface area contributed by atoms with E-state index in [1.807, 2.05) is 0 Å². The van der Waals surface area contributed by atoms with Gasteiger partial charge in [-0.25, -0.2) is 9.78 Å². The molecule has 0 saturated carbocycles. The number of H-pyrrole nitrogens is 1. The standard InChI is InChI=1S/C12H13N3O3/c1-2-8(12(17)18)15-11(16)7-3-4-9-10(5-7)14-6-13-9/h3-6,8H,2H2,1H3,(H,13,14)(H,15,16)(H,17,18)/t8-/m1/s1. The van der Waals surface area contributed by atoms with E-state index < -0.39 is 17.9 Å². The maximum Gasteiger partial charge on any atom is 0.326 e. The number of carbonyl (C=O) groups is 2. The number of hydrogen-bond acceptors (Lipinski definition) is 3. The maximum atomic E-state index is 11.9. The Morgan fingerprint density at radius 1 is 1.50 bits per heavy atom. The van der Waals surface area contributed by atoms with E-state index in [4.69, 9.17) is 5.11 Å².